The molecule has 1 unspecified atom stereocenters. The molecule has 19 heavy (non-hydrogen) atoms. The van der Waals surface area contributed by atoms with Gasteiger partial charge in [0, 0.05) is 43.2 Å². The minimum atomic E-state index is 0.372. The maximum Gasteiger partial charge on any atom is 0.0940 e. The van der Waals surface area contributed by atoms with Crippen LogP contribution in [-0.4, -0.2) is 23.0 Å². The van der Waals surface area contributed by atoms with Crippen molar-refractivity contribution in [2.45, 2.75) is 25.9 Å². The van der Waals surface area contributed by atoms with E-state index in [0.717, 1.165) is 25.2 Å². The van der Waals surface area contributed by atoms with Crippen molar-refractivity contribution in [1.29, 1.82) is 0 Å². The smallest absolute Gasteiger partial charge is 0.0940 e. The highest BCUT2D eigenvalue weighted by Crippen LogP contribution is 2.32. The second-order valence-electron chi connectivity index (χ2n) is 5.05. The Labute approximate surface area is 118 Å². The monoisotopic (exact) mass is 273 g/mol. The van der Waals surface area contributed by atoms with Crippen LogP contribution in [0.2, 0.25) is 0 Å². The Kier molecular flexibility index (Phi) is 3.64. The minimum Gasteiger partial charge on any atom is -0.329 e. The fraction of sp³-hybridized carbons (Fsp3) is 0.400. The molecule has 4 heteroatoms. The van der Waals surface area contributed by atoms with Gasteiger partial charge in [-0.3, -0.25) is 4.90 Å². The van der Waals surface area contributed by atoms with Crippen LogP contribution in [0.1, 0.15) is 27.9 Å². The summed E-state index contributed by atoms with van der Waals surface area (Å²) in [6.45, 7) is 4.79. The van der Waals surface area contributed by atoms with Crippen LogP contribution in [0.15, 0.2) is 29.6 Å². The zero-order valence-electron chi connectivity index (χ0n) is 11.2. The van der Waals surface area contributed by atoms with Crippen molar-refractivity contribution >= 4 is 11.3 Å². The molecule has 0 saturated heterocycles. The van der Waals surface area contributed by atoms with Gasteiger partial charge in [0.25, 0.3) is 0 Å². The van der Waals surface area contributed by atoms with Crippen LogP contribution in [0.5, 0.6) is 0 Å². The van der Waals surface area contributed by atoms with Gasteiger partial charge in [-0.2, -0.15) is 0 Å². The first-order chi connectivity index (χ1) is 9.28. The molecule has 0 spiro atoms. The van der Waals surface area contributed by atoms with Gasteiger partial charge in [-0.15, -0.1) is 11.3 Å². The number of hydrogen-bond donors (Lipinski definition) is 1. The largest absolute Gasteiger partial charge is 0.329 e. The van der Waals surface area contributed by atoms with Crippen molar-refractivity contribution in [3.8, 4) is 0 Å². The molecule has 3 rings (SSSR count). The van der Waals surface area contributed by atoms with E-state index in [1.165, 1.54) is 16.1 Å². The summed E-state index contributed by atoms with van der Waals surface area (Å²) in [4.78, 5) is 7.01. The molecule has 0 bridgehead atoms. The number of rotatable bonds is 4. The Morgan fingerprint density at radius 3 is 3.00 bits per heavy atom. The van der Waals surface area contributed by atoms with Crippen molar-refractivity contribution in [2.75, 3.05) is 13.1 Å². The van der Waals surface area contributed by atoms with Gasteiger partial charge in [0.1, 0.15) is 0 Å². The summed E-state index contributed by atoms with van der Waals surface area (Å²) in [6, 6.07) is 9.01. The van der Waals surface area contributed by atoms with Crippen LogP contribution < -0.4 is 5.73 Å². The number of benzene rings is 1. The van der Waals surface area contributed by atoms with Crippen LogP contribution in [-0.2, 0) is 13.0 Å². The van der Waals surface area contributed by atoms with E-state index < -0.39 is 0 Å². The van der Waals surface area contributed by atoms with Gasteiger partial charge in [-0.25, -0.2) is 4.98 Å². The predicted molar refractivity (Wildman–Crippen MR) is 79.2 cm³/mol. The summed E-state index contributed by atoms with van der Waals surface area (Å²) < 4.78 is 0. The van der Waals surface area contributed by atoms with Crippen LogP contribution in [0.25, 0.3) is 0 Å². The lowest BCUT2D eigenvalue weighted by atomic mass is 10.1. The van der Waals surface area contributed by atoms with Crippen LogP contribution in [0.3, 0.4) is 0 Å². The molecule has 100 valence electrons. The summed E-state index contributed by atoms with van der Waals surface area (Å²) in [5.41, 5.74) is 9.91. The van der Waals surface area contributed by atoms with E-state index in [1.807, 2.05) is 6.92 Å². The lowest BCUT2D eigenvalue weighted by Gasteiger charge is -2.23. The number of aryl methyl sites for hydroxylation is 1. The Morgan fingerprint density at radius 1 is 1.42 bits per heavy atom. The van der Waals surface area contributed by atoms with E-state index in [1.54, 1.807) is 11.3 Å². The molecule has 1 aliphatic heterocycles. The molecule has 2 heterocycles. The van der Waals surface area contributed by atoms with E-state index in [0.29, 0.717) is 12.6 Å². The molecular formula is C15H19N3S. The van der Waals surface area contributed by atoms with Gasteiger partial charge in [-0.1, -0.05) is 24.3 Å². The predicted octanol–water partition coefficient (Wildman–Crippen LogP) is 2.51. The van der Waals surface area contributed by atoms with E-state index in [-0.39, 0.29) is 0 Å². The van der Waals surface area contributed by atoms with Crippen LogP contribution in [0, 0.1) is 6.92 Å². The normalized spacial score (nSPS) is 18.7. The Morgan fingerprint density at radius 2 is 2.26 bits per heavy atom. The number of thiazole rings is 1. The fourth-order valence-electron chi connectivity index (χ4n) is 2.80. The molecule has 1 aliphatic rings. The summed E-state index contributed by atoms with van der Waals surface area (Å²) in [5, 5.41) is 3.35. The van der Waals surface area contributed by atoms with Crippen molar-refractivity contribution in [3.05, 3.63) is 51.5 Å². The molecule has 1 aromatic carbocycles. The van der Waals surface area contributed by atoms with Crippen molar-refractivity contribution in [2.24, 2.45) is 5.73 Å². The average Bonchev–Trinajstić information content (AvgIpc) is 2.99. The fourth-order valence-corrected chi connectivity index (χ4v) is 3.56. The lowest BCUT2D eigenvalue weighted by molar-refractivity contribution is 0.223. The molecular weight excluding hydrogens is 254 g/mol. The third kappa shape index (κ3) is 2.56. The quantitative estimate of drug-likeness (QED) is 0.930. The van der Waals surface area contributed by atoms with E-state index >= 15 is 0 Å². The standard InChI is InChI=1S/C15H19N3S/c1-11-10-19-15(17-11)6-7-18-9-12-4-2-3-5-13(12)14(18)8-16/h2-5,10,14H,6-9,16H2,1H3. The SMILES string of the molecule is Cc1csc(CCN2Cc3ccccc3C2CN)n1. The van der Waals surface area contributed by atoms with Crippen molar-refractivity contribution in [1.82, 2.24) is 9.88 Å². The van der Waals surface area contributed by atoms with Crippen LogP contribution in [0.4, 0.5) is 0 Å². The lowest BCUT2D eigenvalue weighted by Crippen LogP contribution is -2.29. The van der Waals surface area contributed by atoms with E-state index in [9.17, 15) is 0 Å². The first-order valence-electron chi connectivity index (χ1n) is 6.71. The Hall–Kier alpha value is -1.23. The highest BCUT2D eigenvalue weighted by atomic mass is 32.1. The molecule has 0 radical (unpaired) electrons. The van der Waals surface area contributed by atoms with E-state index in [2.05, 4.69) is 39.5 Å². The maximum atomic E-state index is 5.96. The highest BCUT2D eigenvalue weighted by Gasteiger charge is 2.28. The number of hydrogen-bond acceptors (Lipinski definition) is 4. The van der Waals surface area contributed by atoms with Crippen LogP contribution >= 0.6 is 11.3 Å². The van der Waals surface area contributed by atoms with Gasteiger partial charge >= 0.3 is 0 Å². The van der Waals surface area contributed by atoms with Crippen molar-refractivity contribution < 1.29 is 0 Å². The summed E-state index contributed by atoms with van der Waals surface area (Å²) in [5.74, 6) is 0. The zero-order valence-corrected chi connectivity index (χ0v) is 12.0. The van der Waals surface area contributed by atoms with Gasteiger partial charge < -0.3 is 5.73 Å². The molecule has 1 aromatic heterocycles. The van der Waals surface area contributed by atoms with Gasteiger partial charge in [0.2, 0.25) is 0 Å². The van der Waals surface area contributed by atoms with Gasteiger partial charge in [0.05, 0.1) is 5.01 Å². The molecule has 0 saturated carbocycles. The molecule has 2 N–H and O–H groups in total. The summed E-state index contributed by atoms with van der Waals surface area (Å²) >= 11 is 1.76. The summed E-state index contributed by atoms with van der Waals surface area (Å²) in [7, 11) is 0. The molecule has 2 aromatic rings. The third-order valence-corrected chi connectivity index (χ3v) is 4.76. The maximum absolute atomic E-state index is 5.96. The highest BCUT2D eigenvalue weighted by molar-refractivity contribution is 7.09. The molecule has 3 nitrogen and oxygen atoms in total. The third-order valence-electron chi connectivity index (χ3n) is 3.73. The zero-order chi connectivity index (χ0) is 13.2. The first kappa shape index (κ1) is 12.8. The second kappa shape index (κ2) is 5.41. The number of nitrogens with zero attached hydrogens (tertiary/aromatic N) is 2. The molecule has 0 aliphatic carbocycles. The van der Waals surface area contributed by atoms with Gasteiger partial charge in [0.15, 0.2) is 0 Å². The molecule has 1 atom stereocenters. The minimum absolute atomic E-state index is 0.372. The van der Waals surface area contributed by atoms with E-state index in [4.69, 9.17) is 5.73 Å². The molecule has 0 fully saturated rings. The number of aromatic nitrogens is 1. The average molecular weight is 273 g/mol. The van der Waals surface area contributed by atoms with Gasteiger partial charge in [-0.05, 0) is 18.1 Å². The topological polar surface area (TPSA) is 42.1 Å². The molecule has 0 amide bonds. The Bertz CT molecular complexity index is 564. The van der Waals surface area contributed by atoms with Crippen molar-refractivity contribution in [3.63, 3.8) is 0 Å². The number of fused-ring (bicyclic) bond motifs is 1. The Balaban J connectivity index is 1.69. The first-order valence-corrected chi connectivity index (χ1v) is 7.59. The summed E-state index contributed by atoms with van der Waals surface area (Å²) in [6.07, 6.45) is 1.02. The second-order valence-corrected chi connectivity index (χ2v) is 6.00. The number of nitrogens with two attached hydrogens (primary N) is 1.